The summed E-state index contributed by atoms with van der Waals surface area (Å²) in [7, 11) is 1.31. The van der Waals surface area contributed by atoms with Gasteiger partial charge in [0.05, 0.1) is 13.2 Å². The number of carbonyl (C=O) groups is 3. The van der Waals surface area contributed by atoms with Crippen LogP contribution in [-0.4, -0.2) is 54.8 Å². The van der Waals surface area contributed by atoms with Gasteiger partial charge in [-0.1, -0.05) is 51.1 Å². The summed E-state index contributed by atoms with van der Waals surface area (Å²) in [4.78, 5) is 37.7. The molecule has 0 heterocycles. The summed E-state index contributed by atoms with van der Waals surface area (Å²) in [5.41, 5.74) is 0.324. The number of esters is 1. The molecule has 0 unspecified atom stereocenters. The van der Waals surface area contributed by atoms with Gasteiger partial charge in [0.1, 0.15) is 11.6 Å². The van der Waals surface area contributed by atoms with Gasteiger partial charge < -0.3 is 25.4 Å². The molecule has 0 aliphatic carbocycles. The standard InChI is InChI=1S/C25H41N3O5/c1-9-19(17(4)26-24(31)33-25(5,6)7)27-21(16(2)3)22(29)28-20(23(30)32-8)15-18-13-11-10-12-14-18/h10-14,16-17,19-21,27H,9,15H2,1-8H3,(H,26,31)(H,28,29)/t17-,19-,20-,21-/m0/s1. The second-order valence-electron chi connectivity index (χ2n) is 9.61. The molecule has 0 spiro atoms. The second kappa shape index (κ2) is 13.2. The fraction of sp³-hybridized carbons (Fsp3) is 0.640. The highest BCUT2D eigenvalue weighted by molar-refractivity contribution is 5.88. The smallest absolute Gasteiger partial charge is 0.407 e. The third-order valence-corrected chi connectivity index (χ3v) is 5.22. The zero-order valence-corrected chi connectivity index (χ0v) is 21.2. The van der Waals surface area contributed by atoms with Crippen molar-refractivity contribution in [3.8, 4) is 0 Å². The van der Waals surface area contributed by atoms with Crippen LogP contribution < -0.4 is 16.0 Å². The number of alkyl carbamates (subject to hydrolysis) is 1. The predicted molar refractivity (Wildman–Crippen MR) is 129 cm³/mol. The van der Waals surface area contributed by atoms with E-state index in [0.717, 1.165) is 5.56 Å². The number of hydrogen-bond donors (Lipinski definition) is 3. The van der Waals surface area contributed by atoms with E-state index in [1.54, 1.807) is 20.8 Å². The summed E-state index contributed by atoms with van der Waals surface area (Å²) in [6.07, 6.45) is 0.505. The van der Waals surface area contributed by atoms with Crippen LogP contribution in [0.4, 0.5) is 4.79 Å². The molecule has 33 heavy (non-hydrogen) atoms. The van der Waals surface area contributed by atoms with Crippen LogP contribution in [0.1, 0.15) is 60.5 Å². The van der Waals surface area contributed by atoms with Gasteiger partial charge in [-0.15, -0.1) is 0 Å². The maximum atomic E-state index is 13.2. The first kappa shape index (κ1) is 28.4. The lowest BCUT2D eigenvalue weighted by atomic mass is 9.98. The molecule has 4 atom stereocenters. The predicted octanol–water partition coefficient (Wildman–Crippen LogP) is 3.19. The van der Waals surface area contributed by atoms with Crippen molar-refractivity contribution < 1.29 is 23.9 Å². The second-order valence-corrected chi connectivity index (χ2v) is 9.61. The molecule has 1 rings (SSSR count). The average molecular weight is 464 g/mol. The van der Waals surface area contributed by atoms with E-state index in [9.17, 15) is 14.4 Å². The van der Waals surface area contributed by atoms with Crippen molar-refractivity contribution in [3.05, 3.63) is 35.9 Å². The van der Waals surface area contributed by atoms with Gasteiger partial charge in [-0.3, -0.25) is 4.79 Å². The van der Waals surface area contributed by atoms with Crippen molar-refractivity contribution in [2.45, 2.75) is 91.1 Å². The summed E-state index contributed by atoms with van der Waals surface area (Å²) >= 11 is 0. The molecule has 0 aliphatic rings. The van der Waals surface area contributed by atoms with Gasteiger partial charge in [0, 0.05) is 18.5 Å². The highest BCUT2D eigenvalue weighted by atomic mass is 16.6. The molecular formula is C25H41N3O5. The third-order valence-electron chi connectivity index (χ3n) is 5.22. The van der Waals surface area contributed by atoms with Crippen molar-refractivity contribution in [1.82, 2.24) is 16.0 Å². The number of methoxy groups -OCH3 is 1. The summed E-state index contributed by atoms with van der Waals surface area (Å²) in [6, 6.07) is 7.64. The average Bonchev–Trinajstić information content (AvgIpc) is 2.72. The van der Waals surface area contributed by atoms with E-state index >= 15 is 0 Å². The largest absolute Gasteiger partial charge is 0.467 e. The van der Waals surface area contributed by atoms with Crippen molar-refractivity contribution in [3.63, 3.8) is 0 Å². The molecular weight excluding hydrogens is 422 g/mol. The lowest BCUT2D eigenvalue weighted by Gasteiger charge is -2.32. The van der Waals surface area contributed by atoms with E-state index in [1.807, 2.05) is 58.0 Å². The fourth-order valence-corrected chi connectivity index (χ4v) is 3.46. The fourth-order valence-electron chi connectivity index (χ4n) is 3.46. The Morgan fingerprint density at radius 3 is 2.09 bits per heavy atom. The minimum Gasteiger partial charge on any atom is -0.467 e. The Hall–Kier alpha value is -2.61. The van der Waals surface area contributed by atoms with Gasteiger partial charge in [-0.2, -0.15) is 0 Å². The Balaban J connectivity index is 2.89. The van der Waals surface area contributed by atoms with Gasteiger partial charge in [0.15, 0.2) is 0 Å². The zero-order chi connectivity index (χ0) is 25.2. The number of nitrogens with one attached hydrogen (secondary N) is 3. The number of amides is 2. The van der Waals surface area contributed by atoms with E-state index in [2.05, 4.69) is 16.0 Å². The van der Waals surface area contributed by atoms with Crippen molar-refractivity contribution in [2.75, 3.05) is 7.11 Å². The van der Waals surface area contributed by atoms with Gasteiger partial charge >= 0.3 is 12.1 Å². The van der Waals surface area contributed by atoms with Crippen LogP contribution in [0.3, 0.4) is 0 Å². The summed E-state index contributed by atoms with van der Waals surface area (Å²) in [6.45, 7) is 13.1. The van der Waals surface area contributed by atoms with Gasteiger partial charge in [0.25, 0.3) is 0 Å². The maximum Gasteiger partial charge on any atom is 0.407 e. The van der Waals surface area contributed by atoms with E-state index in [1.165, 1.54) is 7.11 Å². The van der Waals surface area contributed by atoms with Gasteiger partial charge in [-0.05, 0) is 45.6 Å². The Kier molecular flexibility index (Phi) is 11.4. The topological polar surface area (TPSA) is 106 Å². The molecule has 1 aromatic rings. The molecule has 8 nitrogen and oxygen atoms in total. The molecule has 0 fully saturated rings. The van der Waals surface area contributed by atoms with Crippen LogP contribution in [0.2, 0.25) is 0 Å². The maximum absolute atomic E-state index is 13.2. The molecule has 2 amide bonds. The van der Waals surface area contributed by atoms with E-state index in [4.69, 9.17) is 9.47 Å². The number of carbonyl (C=O) groups excluding carboxylic acids is 3. The third kappa shape index (κ3) is 10.2. The molecule has 8 heteroatoms. The van der Waals surface area contributed by atoms with Crippen LogP contribution >= 0.6 is 0 Å². The Morgan fingerprint density at radius 1 is 1.00 bits per heavy atom. The summed E-state index contributed by atoms with van der Waals surface area (Å²) < 4.78 is 10.3. The van der Waals surface area contributed by atoms with Crippen molar-refractivity contribution in [2.24, 2.45) is 5.92 Å². The lowest BCUT2D eigenvalue weighted by molar-refractivity contribution is -0.145. The molecule has 0 aliphatic heterocycles. The van der Waals surface area contributed by atoms with E-state index in [0.29, 0.717) is 12.8 Å². The summed E-state index contributed by atoms with van der Waals surface area (Å²) in [5.74, 6) is -0.844. The number of benzene rings is 1. The first-order valence-corrected chi connectivity index (χ1v) is 11.6. The van der Waals surface area contributed by atoms with E-state index < -0.39 is 29.7 Å². The number of hydrogen-bond acceptors (Lipinski definition) is 6. The Labute approximate surface area is 198 Å². The number of ether oxygens (including phenoxy) is 2. The highest BCUT2D eigenvalue weighted by Crippen LogP contribution is 2.11. The minimum atomic E-state index is -0.801. The van der Waals surface area contributed by atoms with Crippen molar-refractivity contribution >= 4 is 18.0 Å². The van der Waals surface area contributed by atoms with Crippen molar-refractivity contribution in [1.29, 1.82) is 0 Å². The van der Waals surface area contributed by atoms with Crippen LogP contribution in [-0.2, 0) is 25.5 Å². The monoisotopic (exact) mass is 463 g/mol. The van der Waals surface area contributed by atoms with Crippen LogP contribution in [0, 0.1) is 5.92 Å². The minimum absolute atomic E-state index is 0.0530. The van der Waals surface area contributed by atoms with Gasteiger partial charge in [-0.25, -0.2) is 9.59 Å². The molecule has 0 radical (unpaired) electrons. The molecule has 0 saturated heterocycles. The summed E-state index contributed by atoms with van der Waals surface area (Å²) in [5, 5.41) is 9.05. The Morgan fingerprint density at radius 2 is 1.61 bits per heavy atom. The van der Waals surface area contributed by atoms with Crippen LogP contribution in [0.15, 0.2) is 30.3 Å². The molecule has 1 aromatic carbocycles. The zero-order valence-electron chi connectivity index (χ0n) is 21.2. The van der Waals surface area contributed by atoms with Crippen LogP contribution in [0.5, 0.6) is 0 Å². The lowest BCUT2D eigenvalue weighted by Crippen LogP contribution is -2.59. The van der Waals surface area contributed by atoms with E-state index in [-0.39, 0.29) is 23.9 Å². The quantitative estimate of drug-likeness (QED) is 0.435. The highest BCUT2D eigenvalue weighted by Gasteiger charge is 2.31. The molecule has 0 saturated carbocycles. The van der Waals surface area contributed by atoms with Gasteiger partial charge in [0.2, 0.25) is 5.91 Å². The Bertz CT molecular complexity index is 761. The first-order chi connectivity index (χ1) is 15.4. The normalized spacial score (nSPS) is 15.2. The molecule has 186 valence electrons. The first-order valence-electron chi connectivity index (χ1n) is 11.6. The SMILES string of the molecule is CC[C@H](N[C@H](C(=O)N[C@@H](Cc1ccccc1)C(=O)OC)C(C)C)[C@H](C)NC(=O)OC(C)(C)C. The molecule has 0 aromatic heterocycles. The molecule has 0 bridgehead atoms. The van der Waals surface area contributed by atoms with Crippen LogP contribution in [0.25, 0.3) is 0 Å². The molecule has 3 N–H and O–H groups in total. The number of rotatable bonds is 11.